The zero-order valence-corrected chi connectivity index (χ0v) is 11.6. The van der Waals surface area contributed by atoms with Crippen molar-refractivity contribution in [3.8, 4) is 0 Å². The predicted molar refractivity (Wildman–Crippen MR) is 60.3 cm³/mol. The van der Waals surface area contributed by atoms with Gasteiger partial charge in [-0.2, -0.15) is 8.42 Å². The first-order valence-electron chi connectivity index (χ1n) is 5.60. The molecule has 18 heavy (non-hydrogen) atoms. The third kappa shape index (κ3) is 3.01. The maximum atomic E-state index is 11.0. The number of fused-ring (bicyclic) bond motifs is 1. The summed E-state index contributed by atoms with van der Waals surface area (Å²) in [5.41, 5.74) is 0. The molecule has 4 atom stereocenters. The van der Waals surface area contributed by atoms with E-state index >= 15 is 0 Å². The molecule has 2 heterocycles. The molecule has 0 unspecified atom stereocenters. The molecule has 7 nitrogen and oxygen atoms in total. The SMILES string of the molecule is CO[C@H]1O[C@@H](COS(C)(=O)=O)[C@@H]2OC(C)(C)O[C@@H]12. The van der Waals surface area contributed by atoms with Crippen LogP contribution in [0.1, 0.15) is 13.8 Å². The molecule has 2 aliphatic rings. The van der Waals surface area contributed by atoms with Gasteiger partial charge in [0.25, 0.3) is 10.1 Å². The Kier molecular flexibility index (Phi) is 3.69. The van der Waals surface area contributed by atoms with Gasteiger partial charge in [0.1, 0.15) is 18.3 Å². The van der Waals surface area contributed by atoms with Crippen molar-refractivity contribution in [2.75, 3.05) is 20.0 Å². The molecular weight excluding hydrogens is 264 g/mol. The molecule has 0 aromatic carbocycles. The highest BCUT2D eigenvalue weighted by Gasteiger charge is 2.55. The first kappa shape index (κ1) is 14.2. The smallest absolute Gasteiger partial charge is 0.264 e. The summed E-state index contributed by atoms with van der Waals surface area (Å²) >= 11 is 0. The monoisotopic (exact) mass is 282 g/mol. The second-order valence-corrected chi connectivity index (χ2v) is 6.48. The third-order valence-corrected chi connectivity index (χ3v) is 3.35. The Morgan fingerprint density at radius 3 is 2.39 bits per heavy atom. The van der Waals surface area contributed by atoms with Crippen molar-refractivity contribution in [1.29, 1.82) is 0 Å². The van der Waals surface area contributed by atoms with Gasteiger partial charge in [0.2, 0.25) is 0 Å². The molecule has 0 spiro atoms. The highest BCUT2D eigenvalue weighted by atomic mass is 32.2. The molecule has 0 aromatic heterocycles. The van der Waals surface area contributed by atoms with Crippen molar-refractivity contribution in [3.05, 3.63) is 0 Å². The van der Waals surface area contributed by atoms with Gasteiger partial charge in [0.15, 0.2) is 12.1 Å². The second-order valence-electron chi connectivity index (χ2n) is 4.83. The Balaban J connectivity index is 2.04. The van der Waals surface area contributed by atoms with Crippen molar-refractivity contribution < 1.29 is 31.5 Å². The Labute approximate surface area is 106 Å². The van der Waals surface area contributed by atoms with Crippen molar-refractivity contribution >= 4 is 10.1 Å². The summed E-state index contributed by atoms with van der Waals surface area (Å²) in [7, 11) is -2.01. The summed E-state index contributed by atoms with van der Waals surface area (Å²) in [6, 6.07) is 0. The summed E-state index contributed by atoms with van der Waals surface area (Å²) in [6.07, 6.45) is -0.894. The predicted octanol–water partition coefficient (Wildman–Crippen LogP) is -0.146. The van der Waals surface area contributed by atoms with E-state index in [1.165, 1.54) is 7.11 Å². The normalized spacial score (nSPS) is 38.9. The molecule has 0 N–H and O–H groups in total. The number of methoxy groups -OCH3 is 1. The van der Waals surface area contributed by atoms with Crippen LogP contribution >= 0.6 is 0 Å². The Hall–Kier alpha value is -0.250. The van der Waals surface area contributed by atoms with E-state index in [1.807, 2.05) is 0 Å². The van der Waals surface area contributed by atoms with Crippen LogP contribution < -0.4 is 0 Å². The van der Waals surface area contributed by atoms with E-state index in [0.717, 1.165) is 6.26 Å². The molecule has 106 valence electrons. The molecule has 0 aromatic rings. The Morgan fingerprint density at radius 1 is 1.22 bits per heavy atom. The van der Waals surface area contributed by atoms with Crippen LogP contribution in [-0.2, 0) is 33.2 Å². The van der Waals surface area contributed by atoms with Crippen molar-refractivity contribution in [3.63, 3.8) is 0 Å². The standard InChI is InChI=1S/C10H18O7S/c1-10(2)16-7-6(5-14-18(4,11)12)15-9(13-3)8(7)17-10/h6-9H,5H2,1-4H3/t6-,7-,8+,9-/m0/s1. The highest BCUT2D eigenvalue weighted by molar-refractivity contribution is 7.85. The van der Waals surface area contributed by atoms with Gasteiger partial charge in [-0.3, -0.25) is 4.18 Å². The van der Waals surface area contributed by atoms with Crippen LogP contribution in [0.4, 0.5) is 0 Å². The fourth-order valence-corrected chi connectivity index (χ4v) is 2.54. The number of hydrogen-bond acceptors (Lipinski definition) is 7. The second kappa shape index (κ2) is 4.69. The lowest BCUT2D eigenvalue weighted by Gasteiger charge is -2.23. The van der Waals surface area contributed by atoms with Gasteiger partial charge in [0.05, 0.1) is 12.9 Å². The lowest BCUT2D eigenvalue weighted by molar-refractivity contribution is -0.229. The molecule has 0 aliphatic carbocycles. The lowest BCUT2D eigenvalue weighted by atomic mass is 10.1. The van der Waals surface area contributed by atoms with Crippen molar-refractivity contribution in [1.82, 2.24) is 0 Å². The first-order chi connectivity index (χ1) is 8.22. The maximum absolute atomic E-state index is 11.0. The van der Waals surface area contributed by atoms with Crippen LogP contribution in [0.3, 0.4) is 0 Å². The summed E-state index contributed by atoms with van der Waals surface area (Å²) in [6.45, 7) is 3.46. The van der Waals surface area contributed by atoms with E-state index < -0.39 is 34.4 Å². The Bertz CT molecular complexity index is 404. The van der Waals surface area contributed by atoms with Crippen LogP contribution in [0.25, 0.3) is 0 Å². The van der Waals surface area contributed by atoms with E-state index in [1.54, 1.807) is 13.8 Å². The molecule has 2 fully saturated rings. The minimum atomic E-state index is -3.51. The van der Waals surface area contributed by atoms with Crippen molar-refractivity contribution in [2.45, 2.75) is 44.2 Å². The van der Waals surface area contributed by atoms with Crippen LogP contribution in [0, 0.1) is 0 Å². The fraction of sp³-hybridized carbons (Fsp3) is 1.00. The minimum absolute atomic E-state index is 0.112. The zero-order chi connectivity index (χ0) is 13.6. The maximum Gasteiger partial charge on any atom is 0.264 e. The van der Waals surface area contributed by atoms with Gasteiger partial charge in [-0.05, 0) is 13.8 Å². The molecule has 2 rings (SSSR count). The summed E-state index contributed by atoms with van der Waals surface area (Å²) in [5.74, 6) is -0.737. The molecule has 0 amide bonds. The average molecular weight is 282 g/mol. The van der Waals surface area contributed by atoms with Crippen LogP contribution in [0.15, 0.2) is 0 Å². The largest absolute Gasteiger partial charge is 0.353 e. The van der Waals surface area contributed by atoms with E-state index in [0.29, 0.717) is 0 Å². The third-order valence-electron chi connectivity index (χ3n) is 2.79. The zero-order valence-electron chi connectivity index (χ0n) is 10.8. The van der Waals surface area contributed by atoms with Gasteiger partial charge in [-0.25, -0.2) is 0 Å². The molecule has 0 saturated carbocycles. The van der Waals surface area contributed by atoms with Gasteiger partial charge in [-0.1, -0.05) is 0 Å². The first-order valence-corrected chi connectivity index (χ1v) is 7.42. The summed E-state index contributed by atoms with van der Waals surface area (Å²) < 4.78 is 48.7. The van der Waals surface area contributed by atoms with E-state index in [9.17, 15) is 8.42 Å². The average Bonchev–Trinajstić information content (AvgIpc) is 2.67. The Morgan fingerprint density at radius 2 is 1.83 bits per heavy atom. The minimum Gasteiger partial charge on any atom is -0.353 e. The fourth-order valence-electron chi connectivity index (χ4n) is 2.16. The van der Waals surface area contributed by atoms with Crippen LogP contribution in [0.2, 0.25) is 0 Å². The molecule has 2 aliphatic heterocycles. The van der Waals surface area contributed by atoms with Gasteiger partial charge < -0.3 is 18.9 Å². The van der Waals surface area contributed by atoms with Gasteiger partial charge >= 0.3 is 0 Å². The quantitative estimate of drug-likeness (QED) is 0.663. The van der Waals surface area contributed by atoms with Crippen LogP contribution in [-0.4, -0.2) is 58.8 Å². The lowest BCUT2D eigenvalue weighted by Crippen LogP contribution is -2.33. The molecule has 8 heteroatoms. The van der Waals surface area contributed by atoms with Crippen molar-refractivity contribution in [2.24, 2.45) is 0 Å². The number of ether oxygens (including phenoxy) is 4. The van der Waals surface area contributed by atoms with E-state index in [-0.39, 0.29) is 12.7 Å². The van der Waals surface area contributed by atoms with Gasteiger partial charge in [0, 0.05) is 7.11 Å². The van der Waals surface area contributed by atoms with E-state index in [2.05, 4.69) is 0 Å². The summed E-state index contributed by atoms with van der Waals surface area (Å²) in [5, 5.41) is 0. The molecule has 0 bridgehead atoms. The van der Waals surface area contributed by atoms with Gasteiger partial charge in [-0.15, -0.1) is 0 Å². The highest BCUT2D eigenvalue weighted by Crippen LogP contribution is 2.38. The molecule has 0 radical (unpaired) electrons. The molecular formula is C10H18O7S. The summed E-state index contributed by atoms with van der Waals surface area (Å²) in [4.78, 5) is 0. The van der Waals surface area contributed by atoms with E-state index in [4.69, 9.17) is 23.1 Å². The molecule has 2 saturated heterocycles. The topological polar surface area (TPSA) is 80.3 Å². The van der Waals surface area contributed by atoms with Crippen LogP contribution in [0.5, 0.6) is 0 Å². The number of rotatable bonds is 4. The number of hydrogen-bond donors (Lipinski definition) is 0.